The fraction of sp³-hybridized carbons (Fsp3) is 0.0667. The number of benzene rings is 2. The molecular formula is C15H11BrN4O3. The van der Waals surface area contributed by atoms with Crippen LogP contribution in [0.2, 0.25) is 0 Å². The maximum atomic E-state index is 10.6. The molecule has 23 heavy (non-hydrogen) atoms. The van der Waals surface area contributed by atoms with E-state index in [2.05, 4.69) is 31.1 Å². The lowest BCUT2D eigenvalue weighted by molar-refractivity contribution is -0.384. The summed E-state index contributed by atoms with van der Waals surface area (Å²) < 4.78 is 0.819. The Labute approximate surface area is 139 Å². The summed E-state index contributed by atoms with van der Waals surface area (Å²) in [6.45, 7) is 1.94. The first-order valence-corrected chi connectivity index (χ1v) is 7.42. The number of aryl methyl sites for hydroxylation is 1. The van der Waals surface area contributed by atoms with Crippen LogP contribution in [0.25, 0.3) is 10.9 Å². The largest absolute Gasteiger partial charge is 0.493 e. The number of hydrogen-bond donors (Lipinski definition) is 2. The standard InChI is InChI=1S/C15H11BrN4O3/c1-8-6-11-13(12(16)7-8)17-15(21)14(11)19-18-9-2-4-10(5-3-9)20(22)23/h2-7,17,21H,1H3. The second-order valence-electron chi connectivity index (χ2n) is 4.97. The Morgan fingerprint density at radius 3 is 2.57 bits per heavy atom. The van der Waals surface area contributed by atoms with Crippen LogP contribution in [0.1, 0.15) is 5.56 Å². The third kappa shape index (κ3) is 2.93. The fourth-order valence-corrected chi connectivity index (χ4v) is 2.88. The predicted octanol–water partition coefficient (Wildman–Crippen LogP) is 5.27. The number of rotatable bonds is 3. The molecule has 0 saturated carbocycles. The van der Waals surface area contributed by atoms with E-state index in [-0.39, 0.29) is 11.6 Å². The highest BCUT2D eigenvalue weighted by Crippen LogP contribution is 2.39. The topological polar surface area (TPSA) is 104 Å². The van der Waals surface area contributed by atoms with Crippen LogP contribution < -0.4 is 0 Å². The predicted molar refractivity (Wildman–Crippen MR) is 89.7 cm³/mol. The molecular weight excluding hydrogens is 364 g/mol. The molecule has 0 aliphatic carbocycles. The number of nitrogens with one attached hydrogen (secondary N) is 1. The van der Waals surface area contributed by atoms with Gasteiger partial charge in [-0.2, -0.15) is 5.11 Å². The van der Waals surface area contributed by atoms with Gasteiger partial charge in [0.1, 0.15) is 0 Å². The average Bonchev–Trinajstić information content (AvgIpc) is 2.82. The van der Waals surface area contributed by atoms with Crippen LogP contribution >= 0.6 is 15.9 Å². The molecule has 0 aliphatic heterocycles. The summed E-state index contributed by atoms with van der Waals surface area (Å²) in [4.78, 5) is 13.0. The molecule has 8 heteroatoms. The lowest BCUT2D eigenvalue weighted by Crippen LogP contribution is -1.85. The van der Waals surface area contributed by atoms with E-state index < -0.39 is 4.92 Å². The highest BCUT2D eigenvalue weighted by Gasteiger charge is 2.13. The van der Waals surface area contributed by atoms with E-state index in [0.717, 1.165) is 20.9 Å². The number of nitrogens with zero attached hydrogens (tertiary/aromatic N) is 3. The van der Waals surface area contributed by atoms with Crippen molar-refractivity contribution in [3.63, 3.8) is 0 Å². The van der Waals surface area contributed by atoms with Crippen LogP contribution in [0.4, 0.5) is 17.1 Å². The smallest absolute Gasteiger partial charge is 0.269 e. The van der Waals surface area contributed by atoms with Crippen molar-refractivity contribution in [3.8, 4) is 5.88 Å². The van der Waals surface area contributed by atoms with Gasteiger partial charge in [0.15, 0.2) is 5.69 Å². The Bertz CT molecular complexity index is 932. The molecule has 0 radical (unpaired) electrons. The van der Waals surface area contributed by atoms with Gasteiger partial charge in [-0.3, -0.25) is 10.1 Å². The number of hydrogen-bond acceptors (Lipinski definition) is 5. The fourth-order valence-electron chi connectivity index (χ4n) is 2.21. The molecule has 3 rings (SSSR count). The van der Waals surface area contributed by atoms with Crippen LogP contribution in [0, 0.1) is 17.0 Å². The summed E-state index contributed by atoms with van der Waals surface area (Å²) in [6, 6.07) is 9.51. The first-order valence-electron chi connectivity index (χ1n) is 6.62. The molecule has 2 aromatic carbocycles. The number of non-ortho nitro benzene ring substituents is 1. The first kappa shape index (κ1) is 15.2. The molecule has 116 valence electrons. The molecule has 0 atom stereocenters. The van der Waals surface area contributed by atoms with E-state index >= 15 is 0 Å². The van der Waals surface area contributed by atoms with Gasteiger partial charge in [-0.15, -0.1) is 5.11 Å². The Morgan fingerprint density at radius 1 is 1.22 bits per heavy atom. The Kier molecular flexibility index (Phi) is 3.83. The lowest BCUT2D eigenvalue weighted by Gasteiger charge is -1.97. The zero-order valence-electron chi connectivity index (χ0n) is 11.9. The summed E-state index contributed by atoms with van der Waals surface area (Å²) in [5, 5.41) is 29.5. The number of aromatic amines is 1. The van der Waals surface area contributed by atoms with Gasteiger partial charge in [-0.25, -0.2) is 0 Å². The molecule has 7 nitrogen and oxygen atoms in total. The molecule has 3 aromatic rings. The van der Waals surface area contributed by atoms with Gasteiger partial charge in [-0.1, -0.05) is 0 Å². The molecule has 0 amide bonds. The number of H-pyrrole nitrogens is 1. The second-order valence-corrected chi connectivity index (χ2v) is 5.82. The number of nitro groups is 1. The van der Waals surface area contributed by atoms with Gasteiger partial charge in [0.05, 0.1) is 16.1 Å². The van der Waals surface area contributed by atoms with Crippen molar-refractivity contribution >= 4 is 43.9 Å². The van der Waals surface area contributed by atoms with E-state index in [1.54, 1.807) is 0 Å². The molecule has 1 heterocycles. The van der Waals surface area contributed by atoms with Gasteiger partial charge < -0.3 is 10.1 Å². The van der Waals surface area contributed by atoms with E-state index in [1.807, 2.05) is 19.1 Å². The monoisotopic (exact) mass is 374 g/mol. The summed E-state index contributed by atoms with van der Waals surface area (Å²) in [5.74, 6) is -0.0861. The average molecular weight is 375 g/mol. The SMILES string of the molecule is Cc1cc(Br)c2[nH]c(O)c(N=Nc3ccc([N+](=O)[O-])cc3)c2c1. The minimum atomic E-state index is -0.479. The van der Waals surface area contributed by atoms with E-state index in [1.165, 1.54) is 24.3 Å². The zero-order chi connectivity index (χ0) is 16.6. The molecule has 0 bridgehead atoms. The van der Waals surface area contributed by atoms with Gasteiger partial charge in [-0.05, 0) is 52.7 Å². The Morgan fingerprint density at radius 2 is 1.91 bits per heavy atom. The normalized spacial score (nSPS) is 11.4. The molecule has 0 fully saturated rings. The summed E-state index contributed by atoms with van der Waals surface area (Å²) in [6.07, 6.45) is 0. The van der Waals surface area contributed by atoms with Crippen LogP contribution in [-0.2, 0) is 0 Å². The van der Waals surface area contributed by atoms with Crippen LogP contribution in [0.5, 0.6) is 5.88 Å². The van der Waals surface area contributed by atoms with Crippen molar-refractivity contribution in [1.82, 2.24) is 4.98 Å². The maximum Gasteiger partial charge on any atom is 0.269 e. The van der Waals surface area contributed by atoms with Gasteiger partial charge in [0.2, 0.25) is 5.88 Å². The summed E-state index contributed by atoms with van der Waals surface area (Å²) in [5.41, 5.74) is 2.50. The molecule has 0 spiro atoms. The number of aromatic nitrogens is 1. The molecule has 0 aliphatic rings. The third-order valence-corrected chi connectivity index (χ3v) is 3.91. The van der Waals surface area contributed by atoms with Crippen molar-refractivity contribution in [2.24, 2.45) is 10.2 Å². The van der Waals surface area contributed by atoms with Gasteiger partial charge >= 0.3 is 0 Å². The Hall–Kier alpha value is -2.74. The van der Waals surface area contributed by atoms with Crippen molar-refractivity contribution in [2.45, 2.75) is 6.92 Å². The third-order valence-electron chi connectivity index (χ3n) is 3.28. The lowest BCUT2D eigenvalue weighted by atomic mass is 10.1. The molecule has 0 saturated heterocycles. The highest BCUT2D eigenvalue weighted by molar-refractivity contribution is 9.10. The minimum Gasteiger partial charge on any atom is -0.493 e. The van der Waals surface area contributed by atoms with E-state index in [4.69, 9.17) is 0 Å². The van der Waals surface area contributed by atoms with Crippen LogP contribution in [0.3, 0.4) is 0 Å². The van der Waals surface area contributed by atoms with Crippen molar-refractivity contribution in [1.29, 1.82) is 0 Å². The molecule has 0 unspecified atom stereocenters. The first-order chi connectivity index (χ1) is 11.0. The number of nitro benzene ring substituents is 1. The van der Waals surface area contributed by atoms with Crippen LogP contribution in [-0.4, -0.2) is 15.0 Å². The van der Waals surface area contributed by atoms with E-state index in [0.29, 0.717) is 11.4 Å². The number of azo groups is 1. The van der Waals surface area contributed by atoms with Gasteiger partial charge in [0, 0.05) is 22.0 Å². The molecule has 1 aromatic heterocycles. The van der Waals surface area contributed by atoms with E-state index in [9.17, 15) is 15.2 Å². The number of halogens is 1. The van der Waals surface area contributed by atoms with Crippen LogP contribution in [0.15, 0.2) is 51.1 Å². The highest BCUT2D eigenvalue weighted by atomic mass is 79.9. The quantitative estimate of drug-likeness (QED) is 0.370. The zero-order valence-corrected chi connectivity index (χ0v) is 13.5. The van der Waals surface area contributed by atoms with Gasteiger partial charge in [0.25, 0.3) is 5.69 Å². The van der Waals surface area contributed by atoms with Crippen molar-refractivity contribution in [3.05, 3.63) is 56.5 Å². The minimum absolute atomic E-state index is 0.0153. The summed E-state index contributed by atoms with van der Waals surface area (Å²) >= 11 is 3.43. The Balaban J connectivity index is 2.00. The van der Waals surface area contributed by atoms with Crippen molar-refractivity contribution < 1.29 is 10.0 Å². The summed E-state index contributed by atoms with van der Waals surface area (Å²) in [7, 11) is 0. The maximum absolute atomic E-state index is 10.6. The second kappa shape index (κ2) is 5.81. The number of fused-ring (bicyclic) bond motifs is 1. The van der Waals surface area contributed by atoms with Crippen molar-refractivity contribution in [2.75, 3.05) is 0 Å². The number of aromatic hydroxyl groups is 1. The molecule has 2 N–H and O–H groups in total.